The first-order valence-corrected chi connectivity index (χ1v) is 7.23. The van der Waals surface area contributed by atoms with E-state index in [2.05, 4.69) is 15.4 Å². The molecular weight excluding hydrogens is 303 g/mol. The minimum absolute atomic E-state index is 0.159. The topological polar surface area (TPSA) is 76.7 Å². The van der Waals surface area contributed by atoms with Gasteiger partial charge in [0.2, 0.25) is 0 Å². The van der Waals surface area contributed by atoms with Crippen molar-refractivity contribution < 1.29 is 23.5 Å². The molecule has 0 radical (unpaired) electrons. The molecule has 128 valence electrons. The van der Waals surface area contributed by atoms with Crippen LogP contribution in [-0.4, -0.2) is 37.4 Å². The van der Waals surface area contributed by atoms with Gasteiger partial charge in [-0.15, -0.1) is 0 Å². The second kappa shape index (κ2) is 7.80. The highest BCUT2D eigenvalue weighted by Crippen LogP contribution is 2.17. The van der Waals surface area contributed by atoms with Crippen molar-refractivity contribution in [1.82, 2.24) is 5.32 Å². The number of hydrogen-bond donors (Lipinski definition) is 2. The van der Waals surface area contributed by atoms with Crippen molar-refractivity contribution in [3.8, 4) is 0 Å². The Labute approximate surface area is 135 Å². The van der Waals surface area contributed by atoms with E-state index in [9.17, 15) is 14.0 Å². The van der Waals surface area contributed by atoms with Gasteiger partial charge in [0.1, 0.15) is 11.4 Å². The van der Waals surface area contributed by atoms with E-state index in [-0.39, 0.29) is 23.8 Å². The summed E-state index contributed by atoms with van der Waals surface area (Å²) in [7, 11) is 1.26. The van der Waals surface area contributed by atoms with Gasteiger partial charge in [0.15, 0.2) is 0 Å². The molecule has 0 spiro atoms. The summed E-state index contributed by atoms with van der Waals surface area (Å²) in [6.07, 6.45) is -0.546. The number of hydrogen-bond acceptors (Lipinski definition) is 5. The smallest absolute Gasteiger partial charge is 0.407 e. The Kier molecular flexibility index (Phi) is 6.36. The van der Waals surface area contributed by atoms with Crippen molar-refractivity contribution in [3.63, 3.8) is 0 Å². The first-order valence-electron chi connectivity index (χ1n) is 7.23. The van der Waals surface area contributed by atoms with Crippen LogP contribution in [0.4, 0.5) is 14.9 Å². The lowest BCUT2D eigenvalue weighted by Gasteiger charge is -2.21. The molecule has 0 saturated carbocycles. The molecule has 0 aromatic heterocycles. The highest BCUT2D eigenvalue weighted by Gasteiger charge is 2.17. The zero-order valence-corrected chi connectivity index (χ0v) is 14.0. The van der Waals surface area contributed by atoms with Crippen molar-refractivity contribution in [1.29, 1.82) is 0 Å². The van der Waals surface area contributed by atoms with Gasteiger partial charge >= 0.3 is 12.1 Å². The quantitative estimate of drug-likeness (QED) is 0.814. The van der Waals surface area contributed by atoms with Crippen LogP contribution in [0, 0.1) is 5.82 Å². The van der Waals surface area contributed by atoms with Crippen molar-refractivity contribution in [2.75, 3.05) is 19.0 Å². The maximum atomic E-state index is 13.8. The average Bonchev–Trinajstić information content (AvgIpc) is 2.45. The van der Waals surface area contributed by atoms with Gasteiger partial charge in [-0.2, -0.15) is 0 Å². The average molecular weight is 326 g/mol. The summed E-state index contributed by atoms with van der Waals surface area (Å²) in [5.74, 6) is -1.05. The van der Waals surface area contributed by atoms with E-state index in [1.807, 2.05) is 0 Å². The molecule has 6 nitrogen and oxygen atoms in total. The van der Waals surface area contributed by atoms with Gasteiger partial charge in [0, 0.05) is 12.6 Å². The van der Waals surface area contributed by atoms with Crippen LogP contribution in [0.5, 0.6) is 0 Å². The second-order valence-corrected chi connectivity index (χ2v) is 6.11. The molecule has 0 fully saturated rings. The molecule has 0 bridgehead atoms. The van der Waals surface area contributed by atoms with Gasteiger partial charge in [0.05, 0.1) is 18.4 Å². The highest BCUT2D eigenvalue weighted by molar-refractivity contribution is 5.90. The van der Waals surface area contributed by atoms with E-state index in [1.54, 1.807) is 27.7 Å². The predicted molar refractivity (Wildman–Crippen MR) is 85.1 cm³/mol. The van der Waals surface area contributed by atoms with Gasteiger partial charge in [-0.1, -0.05) is 0 Å². The largest absolute Gasteiger partial charge is 0.465 e. The number of methoxy groups -OCH3 is 1. The lowest BCUT2D eigenvalue weighted by atomic mass is 10.2. The number of esters is 1. The van der Waals surface area contributed by atoms with E-state index in [1.165, 1.54) is 25.3 Å². The summed E-state index contributed by atoms with van der Waals surface area (Å²) < 4.78 is 23.5. The third-order valence-corrected chi connectivity index (χ3v) is 2.74. The molecule has 7 heteroatoms. The Hall–Kier alpha value is -2.31. The van der Waals surface area contributed by atoms with Crippen LogP contribution >= 0.6 is 0 Å². The van der Waals surface area contributed by atoms with Gasteiger partial charge in [0.25, 0.3) is 0 Å². The molecule has 1 amide bonds. The van der Waals surface area contributed by atoms with Crippen LogP contribution in [0.3, 0.4) is 0 Å². The first kappa shape index (κ1) is 18.7. The van der Waals surface area contributed by atoms with Crippen molar-refractivity contribution in [2.45, 2.75) is 39.3 Å². The summed E-state index contributed by atoms with van der Waals surface area (Å²) in [6, 6.07) is 3.62. The molecule has 1 rings (SSSR count). The zero-order valence-electron chi connectivity index (χ0n) is 14.0. The lowest BCUT2D eigenvalue weighted by molar-refractivity contribution is 0.0525. The van der Waals surface area contributed by atoms with E-state index in [0.717, 1.165) is 0 Å². The summed E-state index contributed by atoms with van der Waals surface area (Å²) in [6.45, 7) is 7.30. The van der Waals surface area contributed by atoms with E-state index in [4.69, 9.17) is 4.74 Å². The minimum atomic E-state index is -0.582. The predicted octanol–water partition coefficient (Wildman–Crippen LogP) is 2.94. The Bertz CT molecular complexity index is 570. The number of carbonyl (C=O) groups is 2. The molecule has 1 unspecified atom stereocenters. The summed E-state index contributed by atoms with van der Waals surface area (Å²) in [5.41, 5.74) is -0.183. The number of benzene rings is 1. The van der Waals surface area contributed by atoms with Gasteiger partial charge in [-0.05, 0) is 45.9 Å². The maximum absolute atomic E-state index is 13.8. The van der Waals surface area contributed by atoms with Crippen LogP contribution in [0.2, 0.25) is 0 Å². The monoisotopic (exact) mass is 326 g/mol. The van der Waals surface area contributed by atoms with Crippen LogP contribution in [-0.2, 0) is 9.47 Å². The van der Waals surface area contributed by atoms with Crippen LogP contribution in [0.15, 0.2) is 18.2 Å². The Balaban J connectivity index is 2.62. The molecule has 0 aliphatic rings. The summed E-state index contributed by atoms with van der Waals surface area (Å²) in [4.78, 5) is 23.0. The molecule has 0 saturated heterocycles. The molecule has 0 aliphatic heterocycles. The number of ether oxygens (including phenoxy) is 2. The molecule has 1 aromatic rings. The van der Waals surface area contributed by atoms with Crippen molar-refractivity contribution in [3.05, 3.63) is 29.6 Å². The number of alkyl carbamates (subject to hydrolysis) is 1. The maximum Gasteiger partial charge on any atom is 0.407 e. The van der Waals surface area contributed by atoms with Crippen LogP contribution in [0.25, 0.3) is 0 Å². The van der Waals surface area contributed by atoms with Gasteiger partial charge < -0.3 is 20.1 Å². The third-order valence-electron chi connectivity index (χ3n) is 2.74. The number of halogens is 1. The molecule has 1 atom stereocenters. The Morgan fingerprint density at radius 1 is 1.30 bits per heavy atom. The normalized spacial score (nSPS) is 12.3. The molecular formula is C16H23FN2O4. The molecule has 1 aromatic carbocycles. The number of carbonyl (C=O) groups excluding carboxylic acids is 2. The zero-order chi connectivity index (χ0) is 17.6. The highest BCUT2D eigenvalue weighted by atomic mass is 19.1. The van der Waals surface area contributed by atoms with E-state index < -0.39 is 23.5 Å². The van der Waals surface area contributed by atoms with Crippen LogP contribution in [0.1, 0.15) is 38.1 Å². The van der Waals surface area contributed by atoms with E-state index >= 15 is 0 Å². The van der Waals surface area contributed by atoms with Crippen molar-refractivity contribution >= 4 is 17.7 Å². The summed E-state index contributed by atoms with van der Waals surface area (Å²) >= 11 is 0. The van der Waals surface area contributed by atoms with Crippen LogP contribution < -0.4 is 10.6 Å². The molecule has 23 heavy (non-hydrogen) atoms. The fourth-order valence-corrected chi connectivity index (χ4v) is 1.75. The molecule has 0 aliphatic carbocycles. The molecule has 2 N–H and O–H groups in total. The number of anilines is 1. The van der Waals surface area contributed by atoms with Gasteiger partial charge in [-0.25, -0.2) is 14.0 Å². The minimum Gasteiger partial charge on any atom is -0.465 e. The summed E-state index contributed by atoms with van der Waals surface area (Å²) in [5, 5.41) is 5.48. The lowest BCUT2D eigenvalue weighted by Crippen LogP contribution is -2.38. The molecule has 0 heterocycles. The van der Waals surface area contributed by atoms with E-state index in [0.29, 0.717) is 0 Å². The second-order valence-electron chi connectivity index (χ2n) is 6.11. The SMILES string of the molecule is COC(=O)c1ccc(F)c(NC(C)CNC(=O)OC(C)(C)C)c1. The third kappa shape index (κ3) is 6.54. The Morgan fingerprint density at radius 2 is 1.96 bits per heavy atom. The Morgan fingerprint density at radius 3 is 2.52 bits per heavy atom. The fourth-order valence-electron chi connectivity index (χ4n) is 1.75. The van der Waals surface area contributed by atoms with Crippen molar-refractivity contribution in [2.24, 2.45) is 0 Å². The number of amides is 1. The number of nitrogens with one attached hydrogen (secondary N) is 2. The van der Waals surface area contributed by atoms with Gasteiger partial charge in [-0.3, -0.25) is 0 Å². The fraction of sp³-hybridized carbons (Fsp3) is 0.500. The number of rotatable bonds is 5. The first-order chi connectivity index (χ1) is 10.6. The standard InChI is InChI=1S/C16H23FN2O4/c1-10(9-18-15(21)23-16(2,3)4)19-13-8-11(14(20)22-5)6-7-12(13)17/h6-8,10,19H,9H2,1-5H3,(H,18,21).